The van der Waals surface area contributed by atoms with Gasteiger partial charge in [-0.3, -0.25) is 0 Å². The van der Waals surface area contributed by atoms with Gasteiger partial charge in [0, 0.05) is 12.6 Å². The van der Waals surface area contributed by atoms with E-state index in [1.807, 2.05) is 7.05 Å². The number of nitrogens with zero attached hydrogens (tertiary/aromatic N) is 1. The van der Waals surface area contributed by atoms with Crippen LogP contribution in [0.3, 0.4) is 0 Å². The van der Waals surface area contributed by atoms with E-state index >= 15 is 0 Å². The van der Waals surface area contributed by atoms with Crippen LogP contribution in [0.4, 0.5) is 0 Å². The van der Waals surface area contributed by atoms with Crippen LogP contribution in [0, 0.1) is 0 Å². The zero-order valence-corrected chi connectivity index (χ0v) is 12.6. The fourth-order valence-corrected chi connectivity index (χ4v) is 4.57. The molecule has 2 heterocycles. The topological polar surface area (TPSA) is 69.6 Å². The molecule has 1 fully saturated rings. The van der Waals surface area contributed by atoms with Gasteiger partial charge in [-0.25, -0.2) is 13.1 Å². The molecule has 0 saturated carbocycles. The monoisotopic (exact) mass is 304 g/mol. The van der Waals surface area contributed by atoms with E-state index in [4.69, 9.17) is 5.11 Å². The standard InChI is InChI=1S/C12H20N2O3S2/c1-14-5-3-2-4-11(14)7-13-19(16,17)12-6-10(8-15)9-18-12/h6,9,11,13,15H,2-5,7-8H2,1H3. The van der Waals surface area contributed by atoms with Crippen molar-refractivity contribution in [2.75, 3.05) is 20.1 Å². The Kier molecular flexibility index (Phi) is 4.97. The molecule has 1 atom stereocenters. The molecule has 108 valence electrons. The average molecular weight is 304 g/mol. The van der Waals surface area contributed by atoms with E-state index in [2.05, 4.69) is 9.62 Å². The third-order valence-electron chi connectivity index (χ3n) is 3.51. The van der Waals surface area contributed by atoms with Crippen LogP contribution in [0.5, 0.6) is 0 Å². The molecular formula is C12H20N2O3S2. The van der Waals surface area contributed by atoms with Crippen molar-refractivity contribution in [2.45, 2.75) is 36.1 Å². The van der Waals surface area contributed by atoms with Crippen LogP contribution in [0.2, 0.25) is 0 Å². The van der Waals surface area contributed by atoms with Crippen molar-refractivity contribution in [3.05, 3.63) is 17.0 Å². The van der Waals surface area contributed by atoms with Crippen LogP contribution in [-0.4, -0.2) is 44.6 Å². The van der Waals surface area contributed by atoms with Gasteiger partial charge in [0.2, 0.25) is 10.0 Å². The third-order valence-corrected chi connectivity index (χ3v) is 6.42. The van der Waals surface area contributed by atoms with Gasteiger partial charge in [-0.15, -0.1) is 11.3 Å². The van der Waals surface area contributed by atoms with Crippen LogP contribution in [0.15, 0.2) is 15.7 Å². The zero-order valence-electron chi connectivity index (χ0n) is 11.0. The number of likely N-dealkylation sites (tertiary alicyclic amines) is 1. The highest BCUT2D eigenvalue weighted by molar-refractivity contribution is 7.91. The minimum Gasteiger partial charge on any atom is -0.392 e. The molecule has 1 aliphatic rings. The summed E-state index contributed by atoms with van der Waals surface area (Å²) < 4.78 is 27.2. The zero-order chi connectivity index (χ0) is 13.9. The number of rotatable bonds is 5. The minimum atomic E-state index is -3.44. The van der Waals surface area contributed by atoms with Gasteiger partial charge in [0.05, 0.1) is 6.61 Å². The second-order valence-electron chi connectivity index (χ2n) is 4.91. The fourth-order valence-electron chi connectivity index (χ4n) is 2.26. The molecule has 0 bridgehead atoms. The first kappa shape index (κ1) is 14.9. The van der Waals surface area contributed by atoms with Crippen LogP contribution >= 0.6 is 11.3 Å². The highest BCUT2D eigenvalue weighted by Crippen LogP contribution is 2.21. The molecule has 2 N–H and O–H groups in total. The van der Waals surface area contributed by atoms with Crippen LogP contribution in [-0.2, 0) is 16.6 Å². The number of piperidine rings is 1. The number of aliphatic hydroxyl groups excluding tert-OH is 1. The molecule has 0 radical (unpaired) electrons. The third kappa shape index (κ3) is 3.76. The lowest BCUT2D eigenvalue weighted by atomic mass is 10.0. The maximum absolute atomic E-state index is 12.1. The molecule has 1 aromatic heterocycles. The molecule has 2 rings (SSSR count). The van der Waals surface area contributed by atoms with E-state index in [9.17, 15) is 8.42 Å². The summed E-state index contributed by atoms with van der Waals surface area (Å²) in [6, 6.07) is 1.80. The molecule has 1 aromatic rings. The summed E-state index contributed by atoms with van der Waals surface area (Å²) in [6.07, 6.45) is 3.38. The molecule has 1 unspecified atom stereocenters. The Bertz CT molecular complexity index is 513. The van der Waals surface area contributed by atoms with E-state index in [1.54, 1.807) is 5.38 Å². The summed E-state index contributed by atoms with van der Waals surface area (Å²) in [4.78, 5) is 2.21. The van der Waals surface area contributed by atoms with Crippen molar-refractivity contribution >= 4 is 21.4 Å². The van der Waals surface area contributed by atoms with E-state index in [1.165, 1.54) is 12.5 Å². The number of likely N-dealkylation sites (N-methyl/N-ethyl adjacent to an activating group) is 1. The maximum atomic E-state index is 12.1. The molecule has 1 aliphatic heterocycles. The van der Waals surface area contributed by atoms with Crippen molar-refractivity contribution in [1.29, 1.82) is 0 Å². The summed E-state index contributed by atoms with van der Waals surface area (Å²) in [5.74, 6) is 0. The Labute approximate surface area is 118 Å². The SMILES string of the molecule is CN1CCCCC1CNS(=O)(=O)c1cc(CO)cs1. The Balaban J connectivity index is 1.97. The average Bonchev–Trinajstić information content (AvgIpc) is 2.87. The van der Waals surface area contributed by atoms with Crippen molar-refractivity contribution < 1.29 is 13.5 Å². The summed E-state index contributed by atoms with van der Waals surface area (Å²) in [5.41, 5.74) is 0.639. The van der Waals surface area contributed by atoms with E-state index in [0.717, 1.165) is 30.7 Å². The minimum absolute atomic E-state index is 0.128. The Morgan fingerprint density at radius 3 is 2.95 bits per heavy atom. The Hall–Kier alpha value is -0.470. The van der Waals surface area contributed by atoms with Crippen LogP contribution in [0.1, 0.15) is 24.8 Å². The molecule has 7 heteroatoms. The van der Waals surface area contributed by atoms with Crippen molar-refractivity contribution in [3.8, 4) is 0 Å². The molecule has 0 amide bonds. The van der Waals surface area contributed by atoms with Gasteiger partial charge in [0.1, 0.15) is 4.21 Å². The smallest absolute Gasteiger partial charge is 0.250 e. The molecule has 0 spiro atoms. The van der Waals surface area contributed by atoms with Gasteiger partial charge in [-0.2, -0.15) is 0 Å². The molecule has 5 nitrogen and oxygen atoms in total. The summed E-state index contributed by atoms with van der Waals surface area (Å²) in [7, 11) is -1.41. The summed E-state index contributed by atoms with van der Waals surface area (Å²) in [5, 5.41) is 10.6. The predicted octanol–water partition coefficient (Wildman–Crippen LogP) is 1.00. The molecule has 1 saturated heterocycles. The van der Waals surface area contributed by atoms with Gasteiger partial charge in [-0.1, -0.05) is 6.42 Å². The molecule has 0 aromatic carbocycles. The first-order valence-electron chi connectivity index (χ1n) is 6.41. The Morgan fingerprint density at radius 1 is 1.53 bits per heavy atom. The fraction of sp³-hybridized carbons (Fsp3) is 0.667. The second-order valence-corrected chi connectivity index (χ2v) is 7.82. The van der Waals surface area contributed by atoms with Gasteiger partial charge in [0.15, 0.2) is 0 Å². The molecule has 19 heavy (non-hydrogen) atoms. The van der Waals surface area contributed by atoms with Gasteiger partial charge in [0.25, 0.3) is 0 Å². The maximum Gasteiger partial charge on any atom is 0.250 e. The number of hydrogen-bond donors (Lipinski definition) is 2. The van der Waals surface area contributed by atoms with E-state index in [-0.39, 0.29) is 16.9 Å². The van der Waals surface area contributed by atoms with E-state index < -0.39 is 10.0 Å². The molecule has 0 aliphatic carbocycles. The normalized spacial score (nSPS) is 21.7. The summed E-state index contributed by atoms with van der Waals surface area (Å²) >= 11 is 1.14. The highest BCUT2D eigenvalue weighted by Gasteiger charge is 2.22. The van der Waals surface area contributed by atoms with Crippen LogP contribution in [0.25, 0.3) is 0 Å². The number of sulfonamides is 1. The molecular weight excluding hydrogens is 284 g/mol. The van der Waals surface area contributed by atoms with Crippen molar-refractivity contribution in [1.82, 2.24) is 9.62 Å². The number of aliphatic hydroxyl groups is 1. The van der Waals surface area contributed by atoms with E-state index in [0.29, 0.717) is 12.1 Å². The lowest BCUT2D eigenvalue weighted by molar-refractivity contribution is 0.187. The first-order valence-corrected chi connectivity index (χ1v) is 8.77. The summed E-state index contributed by atoms with van der Waals surface area (Å²) in [6.45, 7) is 1.35. The van der Waals surface area contributed by atoms with Gasteiger partial charge < -0.3 is 10.0 Å². The Morgan fingerprint density at radius 2 is 2.32 bits per heavy atom. The highest BCUT2D eigenvalue weighted by atomic mass is 32.2. The largest absolute Gasteiger partial charge is 0.392 e. The quantitative estimate of drug-likeness (QED) is 0.851. The van der Waals surface area contributed by atoms with Crippen molar-refractivity contribution in [3.63, 3.8) is 0 Å². The predicted molar refractivity (Wildman–Crippen MR) is 75.7 cm³/mol. The number of nitrogens with one attached hydrogen (secondary N) is 1. The van der Waals surface area contributed by atoms with Gasteiger partial charge in [-0.05, 0) is 43.4 Å². The van der Waals surface area contributed by atoms with Crippen LogP contribution < -0.4 is 4.72 Å². The van der Waals surface area contributed by atoms with Crippen molar-refractivity contribution in [2.24, 2.45) is 0 Å². The number of thiophene rings is 1. The first-order chi connectivity index (χ1) is 9.03. The number of hydrogen-bond acceptors (Lipinski definition) is 5. The lowest BCUT2D eigenvalue weighted by Crippen LogP contribution is -2.44. The lowest BCUT2D eigenvalue weighted by Gasteiger charge is -2.32. The second kappa shape index (κ2) is 6.32. The van der Waals surface area contributed by atoms with Gasteiger partial charge >= 0.3 is 0 Å².